The van der Waals surface area contributed by atoms with Gasteiger partial charge in [0.2, 0.25) is 0 Å². The number of hydrogen-bond donors (Lipinski definition) is 1. The van der Waals surface area contributed by atoms with Crippen LogP contribution in [-0.4, -0.2) is 32.5 Å². The van der Waals surface area contributed by atoms with Gasteiger partial charge in [-0.05, 0) is 38.3 Å². The molecule has 3 heterocycles. The maximum atomic E-state index is 12.8. The van der Waals surface area contributed by atoms with Gasteiger partial charge in [0, 0.05) is 11.8 Å². The first kappa shape index (κ1) is 17.9. The molecule has 140 valence electrons. The summed E-state index contributed by atoms with van der Waals surface area (Å²) in [5.41, 5.74) is 1.35. The van der Waals surface area contributed by atoms with E-state index in [4.69, 9.17) is 16.3 Å². The molecule has 0 spiro atoms. The second kappa shape index (κ2) is 6.94. The minimum atomic E-state index is -0.945. The molecule has 27 heavy (non-hydrogen) atoms. The van der Waals surface area contributed by atoms with Crippen LogP contribution in [0.5, 0.6) is 5.88 Å². The number of ketones is 1. The highest BCUT2D eigenvalue weighted by Crippen LogP contribution is 2.27. The molecule has 0 saturated heterocycles. The molecule has 1 aliphatic rings. The van der Waals surface area contributed by atoms with Gasteiger partial charge in [-0.3, -0.25) is 4.79 Å². The fraction of sp³-hybridized carbons (Fsp3) is 0.333. The summed E-state index contributed by atoms with van der Waals surface area (Å²) in [6.07, 6.45) is 5.55. The Bertz CT molecular complexity index is 1050. The lowest BCUT2D eigenvalue weighted by Gasteiger charge is -2.24. The van der Waals surface area contributed by atoms with Crippen LogP contribution in [0.1, 0.15) is 40.2 Å². The van der Waals surface area contributed by atoms with Gasteiger partial charge in [-0.2, -0.15) is 4.40 Å². The fourth-order valence-electron chi connectivity index (χ4n) is 3.14. The van der Waals surface area contributed by atoms with Crippen LogP contribution >= 0.6 is 22.9 Å². The molecule has 0 aromatic carbocycles. The average molecular weight is 407 g/mol. The van der Waals surface area contributed by atoms with Crippen LogP contribution in [0.4, 0.5) is 0 Å². The second-order valence-corrected chi connectivity index (χ2v) is 8.21. The van der Waals surface area contributed by atoms with Crippen LogP contribution in [-0.2, 0) is 16.1 Å². The summed E-state index contributed by atoms with van der Waals surface area (Å²) in [7, 11) is 0. The third kappa shape index (κ3) is 3.19. The van der Waals surface area contributed by atoms with Gasteiger partial charge in [0.05, 0.1) is 11.1 Å². The van der Waals surface area contributed by atoms with Crippen LogP contribution in [0.2, 0.25) is 4.47 Å². The highest BCUT2D eigenvalue weighted by Gasteiger charge is 2.38. The Kier molecular flexibility index (Phi) is 4.61. The molecule has 0 atom stereocenters. The molecule has 0 aliphatic heterocycles. The molecular weight excluding hydrogens is 390 g/mol. The van der Waals surface area contributed by atoms with Crippen LogP contribution in [0.3, 0.4) is 0 Å². The van der Waals surface area contributed by atoms with Gasteiger partial charge in [0.1, 0.15) is 12.6 Å². The highest BCUT2D eigenvalue weighted by atomic mass is 35.5. The minimum absolute atomic E-state index is 0.0989. The van der Waals surface area contributed by atoms with Gasteiger partial charge >= 0.3 is 17.6 Å². The van der Waals surface area contributed by atoms with Crippen molar-refractivity contribution >= 4 is 40.3 Å². The number of pyridine rings is 1. The molecule has 9 heteroatoms. The van der Waals surface area contributed by atoms with E-state index in [0.717, 1.165) is 29.7 Å². The average Bonchev–Trinajstić information content (AvgIpc) is 3.13. The Balaban J connectivity index is 1.81. The molecule has 3 aromatic rings. The van der Waals surface area contributed by atoms with Crippen molar-refractivity contribution < 1.29 is 23.8 Å². The summed E-state index contributed by atoms with van der Waals surface area (Å²) in [4.78, 5) is 30.0. The van der Waals surface area contributed by atoms with Crippen molar-refractivity contribution in [2.45, 2.75) is 38.8 Å². The van der Waals surface area contributed by atoms with Crippen molar-refractivity contribution in [3.8, 4) is 5.88 Å². The quantitative estimate of drug-likeness (QED) is 0.305. The van der Waals surface area contributed by atoms with Gasteiger partial charge < -0.3 is 9.84 Å². The number of thiazole rings is 1. The van der Waals surface area contributed by atoms with E-state index in [1.54, 1.807) is 23.0 Å². The monoisotopic (exact) mass is 406 g/mol. The molecule has 3 aromatic heterocycles. The second-order valence-electron chi connectivity index (χ2n) is 6.51. The number of nitrogens with zero attached hydrogens (tertiary/aromatic N) is 3. The third-order valence-electron chi connectivity index (χ3n) is 4.69. The van der Waals surface area contributed by atoms with Gasteiger partial charge in [-0.1, -0.05) is 11.6 Å². The number of carbonyl (C=O) groups excluding carboxylic acids is 2. The van der Waals surface area contributed by atoms with Gasteiger partial charge in [0.25, 0.3) is 11.3 Å². The van der Waals surface area contributed by atoms with Crippen LogP contribution < -0.4 is 4.40 Å². The van der Waals surface area contributed by atoms with E-state index in [9.17, 15) is 14.7 Å². The largest absolute Gasteiger partial charge is 0.474 e. The summed E-state index contributed by atoms with van der Waals surface area (Å²) in [5, 5.41) is 10.7. The topological polar surface area (TPSA) is 85.5 Å². The molecule has 0 amide bonds. The number of aryl methyl sites for hydroxylation is 1. The maximum Gasteiger partial charge on any atom is 0.384 e. The zero-order valence-electron chi connectivity index (χ0n) is 14.5. The van der Waals surface area contributed by atoms with Gasteiger partial charge in [-0.15, -0.1) is 11.3 Å². The molecule has 1 aliphatic carbocycles. The number of hydrogen-bond acceptors (Lipinski definition) is 6. The zero-order valence-corrected chi connectivity index (χ0v) is 16.1. The number of imidazole rings is 1. The molecule has 0 radical (unpaired) electrons. The Hall–Kier alpha value is -2.45. The summed E-state index contributed by atoms with van der Waals surface area (Å²) >= 11 is 7.19. The molecule has 0 unspecified atom stereocenters. The normalized spacial score (nSPS) is 14.3. The standard InChI is InChI=1S/C18H16ClN3O4S/c1-10-4-3-7-21-15(10)22(9-12-8-20-18(19)27-12)13(16(21)24)14(23)17(25)26-11-5-2-6-11/h3-4,7-8,11H,2,5-6,9H2,1H3/p+1. The molecule has 7 nitrogen and oxygen atoms in total. The molecule has 1 fully saturated rings. The first-order valence-corrected chi connectivity index (χ1v) is 9.73. The van der Waals surface area contributed by atoms with E-state index in [-0.39, 0.29) is 24.2 Å². The maximum absolute atomic E-state index is 12.8. The summed E-state index contributed by atoms with van der Waals surface area (Å²) < 4.78 is 8.72. The van der Waals surface area contributed by atoms with E-state index in [1.165, 1.54) is 15.7 Å². The number of aromatic nitrogens is 3. The number of esters is 1. The SMILES string of the molecule is Cc1ccc[n+]2c(O)c(C(=O)C(=O)OC3CCC3)n(Cc3cnc(Cl)s3)c12. The van der Waals surface area contributed by atoms with Crippen molar-refractivity contribution in [3.63, 3.8) is 0 Å². The Morgan fingerprint density at radius 3 is 2.89 bits per heavy atom. The number of carbonyl (C=O) groups is 2. The highest BCUT2D eigenvalue weighted by molar-refractivity contribution is 7.15. The van der Waals surface area contributed by atoms with Crippen molar-refractivity contribution in [2.24, 2.45) is 0 Å². The van der Waals surface area contributed by atoms with Crippen LogP contribution in [0.25, 0.3) is 5.65 Å². The predicted octanol–water partition coefficient (Wildman–Crippen LogP) is 2.68. The van der Waals surface area contributed by atoms with Gasteiger partial charge in [0.15, 0.2) is 4.47 Å². The molecule has 1 N–H and O–H groups in total. The molecule has 1 saturated carbocycles. The number of Topliss-reactive ketones (excluding diaryl/α,β-unsaturated/α-hetero) is 1. The van der Waals surface area contributed by atoms with E-state index in [0.29, 0.717) is 10.1 Å². The zero-order chi connectivity index (χ0) is 19.1. The lowest BCUT2D eigenvalue weighted by molar-refractivity contribution is -0.521. The van der Waals surface area contributed by atoms with E-state index in [2.05, 4.69) is 4.98 Å². The summed E-state index contributed by atoms with van der Waals surface area (Å²) in [6, 6.07) is 3.63. The number of fused-ring (bicyclic) bond motifs is 1. The van der Waals surface area contributed by atoms with E-state index >= 15 is 0 Å². The Morgan fingerprint density at radius 1 is 1.48 bits per heavy atom. The smallest absolute Gasteiger partial charge is 0.384 e. The van der Waals surface area contributed by atoms with Crippen molar-refractivity contribution in [3.05, 3.63) is 45.1 Å². The molecule has 0 bridgehead atoms. The Labute approximate surface area is 163 Å². The molecular formula is C18H17ClN3O4S+. The van der Waals surface area contributed by atoms with Crippen molar-refractivity contribution in [2.75, 3.05) is 0 Å². The van der Waals surface area contributed by atoms with Crippen LogP contribution in [0.15, 0.2) is 24.5 Å². The number of ether oxygens (including phenoxy) is 1. The minimum Gasteiger partial charge on any atom is -0.474 e. The number of halogens is 1. The molecule has 4 rings (SSSR count). The number of rotatable bonds is 5. The lowest BCUT2D eigenvalue weighted by Crippen LogP contribution is -2.30. The number of aromatic hydroxyl groups is 1. The predicted molar refractivity (Wildman–Crippen MR) is 98.3 cm³/mol. The third-order valence-corrected chi connectivity index (χ3v) is 5.79. The van der Waals surface area contributed by atoms with Crippen molar-refractivity contribution in [1.29, 1.82) is 0 Å². The summed E-state index contributed by atoms with van der Waals surface area (Å²) in [6.45, 7) is 2.11. The van der Waals surface area contributed by atoms with Gasteiger partial charge in [-0.25, -0.2) is 14.3 Å². The van der Waals surface area contributed by atoms with E-state index in [1.807, 2.05) is 13.0 Å². The van der Waals surface area contributed by atoms with Crippen LogP contribution in [0, 0.1) is 6.92 Å². The van der Waals surface area contributed by atoms with E-state index < -0.39 is 11.8 Å². The fourth-order valence-corrected chi connectivity index (χ4v) is 4.11. The first-order valence-electron chi connectivity index (χ1n) is 8.53. The Morgan fingerprint density at radius 2 is 2.26 bits per heavy atom. The first-order chi connectivity index (χ1) is 13.0. The lowest BCUT2D eigenvalue weighted by atomic mass is 9.96. The summed E-state index contributed by atoms with van der Waals surface area (Å²) in [5.74, 6) is -2.10. The van der Waals surface area contributed by atoms with Crippen molar-refractivity contribution in [1.82, 2.24) is 9.55 Å².